The van der Waals surface area contributed by atoms with Gasteiger partial charge in [-0.1, -0.05) is 12.1 Å². The van der Waals surface area contributed by atoms with E-state index in [-0.39, 0.29) is 40.9 Å². The summed E-state index contributed by atoms with van der Waals surface area (Å²) in [4.78, 5) is 2.38. The summed E-state index contributed by atoms with van der Waals surface area (Å²) in [7, 11) is 0.0177. The van der Waals surface area contributed by atoms with Crippen molar-refractivity contribution in [3.63, 3.8) is 0 Å². The number of aromatic nitrogens is 2. The lowest BCUT2D eigenvalue weighted by atomic mass is 9.81. The fraction of sp³-hybridized carbons (Fsp3) is 0.400. The molecule has 0 bridgehead atoms. The lowest BCUT2D eigenvalue weighted by Gasteiger charge is -2.29. The summed E-state index contributed by atoms with van der Waals surface area (Å²) in [5, 5.41) is 3.87. The Bertz CT molecular complexity index is 1410. The lowest BCUT2D eigenvalue weighted by Crippen LogP contribution is -2.31. The maximum absolute atomic E-state index is 14.9. The first-order valence-corrected chi connectivity index (χ1v) is 13.1. The quantitative estimate of drug-likeness (QED) is 0.380. The van der Waals surface area contributed by atoms with Crippen LogP contribution in [0.15, 0.2) is 53.7 Å². The zero-order chi connectivity index (χ0) is 24.5. The second kappa shape index (κ2) is 7.84. The summed E-state index contributed by atoms with van der Waals surface area (Å²) in [5.74, 6) is -0.460. The number of hydrogen-bond donors (Lipinski definition) is 1. The summed E-state index contributed by atoms with van der Waals surface area (Å²) < 4.78 is 62.9. The Morgan fingerprint density at radius 2 is 2.00 bits per heavy atom. The molecule has 2 fully saturated rings. The highest BCUT2D eigenvalue weighted by molar-refractivity contribution is 7.89. The van der Waals surface area contributed by atoms with E-state index in [1.165, 1.54) is 23.1 Å². The molecule has 1 N–H and O–H groups in total. The zero-order valence-corrected chi connectivity index (χ0v) is 20.2. The molecule has 1 aromatic heterocycles. The second-order valence-electron chi connectivity index (χ2n) is 9.81. The molecule has 1 saturated heterocycles. The molecule has 10 heteroatoms. The molecule has 3 aromatic rings. The zero-order valence-electron chi connectivity index (χ0n) is 19.4. The number of nitrogens with zero attached hydrogens (tertiary/aromatic N) is 3. The Kier molecular flexibility index (Phi) is 5.07. The maximum atomic E-state index is 14.9. The number of likely N-dealkylation sites (N-methyl/N-ethyl adjacent to an activating group) is 1. The number of sulfonamides is 1. The largest absolute Gasteiger partial charge is 0.489 e. The van der Waals surface area contributed by atoms with Crippen LogP contribution in [0.3, 0.4) is 0 Å². The van der Waals surface area contributed by atoms with E-state index in [4.69, 9.17) is 4.74 Å². The van der Waals surface area contributed by atoms with Crippen molar-refractivity contribution >= 4 is 10.0 Å². The van der Waals surface area contributed by atoms with Crippen LogP contribution in [-0.2, 0) is 29.9 Å². The SMILES string of the molecule is CN1C2C1C21Cc2cc(F)c(OCCNS(=O)(=O)c3cnn(C)c3)cc2C1Cc1cccc(F)c1. The summed E-state index contributed by atoms with van der Waals surface area (Å²) in [6.07, 6.45) is 4.15. The number of nitrogens with one attached hydrogen (secondary N) is 1. The number of aryl methyl sites for hydroxylation is 1. The van der Waals surface area contributed by atoms with E-state index in [0.29, 0.717) is 18.5 Å². The van der Waals surface area contributed by atoms with Gasteiger partial charge >= 0.3 is 0 Å². The number of halogens is 2. The number of hydrogen-bond acceptors (Lipinski definition) is 5. The molecule has 7 nitrogen and oxygen atoms in total. The van der Waals surface area contributed by atoms with Gasteiger partial charge in [0.05, 0.1) is 6.20 Å². The van der Waals surface area contributed by atoms with Gasteiger partial charge in [0.15, 0.2) is 11.6 Å². The molecule has 3 unspecified atom stereocenters. The Morgan fingerprint density at radius 3 is 2.69 bits per heavy atom. The fourth-order valence-electron chi connectivity index (χ4n) is 6.15. The molecular formula is C25H26F2N4O3S. The van der Waals surface area contributed by atoms with Crippen molar-refractivity contribution in [3.05, 3.63) is 77.1 Å². The Morgan fingerprint density at radius 1 is 1.20 bits per heavy atom. The monoisotopic (exact) mass is 500 g/mol. The third-order valence-electron chi connectivity index (χ3n) is 7.77. The normalized spacial score (nSPS) is 28.1. The van der Waals surface area contributed by atoms with E-state index in [2.05, 4.69) is 21.8 Å². The summed E-state index contributed by atoms with van der Waals surface area (Å²) >= 11 is 0. The molecule has 0 radical (unpaired) electrons. The average molecular weight is 501 g/mol. The molecule has 1 saturated carbocycles. The fourth-order valence-corrected chi connectivity index (χ4v) is 7.15. The van der Waals surface area contributed by atoms with Crippen LogP contribution in [0, 0.1) is 17.0 Å². The van der Waals surface area contributed by atoms with Crippen LogP contribution in [0.4, 0.5) is 8.78 Å². The molecule has 6 rings (SSSR count). The van der Waals surface area contributed by atoms with Crippen LogP contribution in [-0.4, -0.2) is 55.4 Å². The molecule has 2 heterocycles. The first-order chi connectivity index (χ1) is 16.7. The molecule has 3 atom stereocenters. The topological polar surface area (TPSA) is 76.2 Å². The highest BCUT2D eigenvalue weighted by Crippen LogP contribution is 2.76. The minimum atomic E-state index is -3.72. The molecular weight excluding hydrogens is 474 g/mol. The lowest BCUT2D eigenvalue weighted by molar-refractivity contribution is 0.226. The first kappa shape index (κ1) is 22.6. The minimum absolute atomic E-state index is 0.0145. The van der Waals surface area contributed by atoms with Crippen molar-refractivity contribution in [2.75, 3.05) is 20.2 Å². The molecule has 1 aliphatic heterocycles. The predicted molar refractivity (Wildman–Crippen MR) is 125 cm³/mol. The van der Waals surface area contributed by atoms with Crippen molar-refractivity contribution < 1.29 is 21.9 Å². The van der Waals surface area contributed by atoms with Gasteiger partial charge in [-0.3, -0.25) is 9.58 Å². The van der Waals surface area contributed by atoms with E-state index >= 15 is 0 Å². The van der Waals surface area contributed by atoms with Crippen LogP contribution < -0.4 is 9.46 Å². The third-order valence-corrected chi connectivity index (χ3v) is 9.18. The van der Waals surface area contributed by atoms with Crippen LogP contribution in [0.2, 0.25) is 0 Å². The van der Waals surface area contributed by atoms with Gasteiger partial charge in [-0.2, -0.15) is 5.10 Å². The molecule has 2 aromatic carbocycles. The molecule has 2 aliphatic carbocycles. The van der Waals surface area contributed by atoms with Crippen molar-refractivity contribution in [3.8, 4) is 5.75 Å². The standard InChI is InChI=1S/C25H26F2N4O3S/c1-30-14-18(13-28-30)35(32,33)29-6-7-34-22-11-19-16(10-21(22)27)12-25(23-24(25)31(23)2)20(19)9-15-4-3-5-17(26)8-15/h3-5,8,10-11,13-14,20,23-24,29H,6-7,9,12H2,1-2H3. The Balaban J connectivity index is 1.18. The van der Waals surface area contributed by atoms with Crippen LogP contribution >= 0.6 is 0 Å². The van der Waals surface area contributed by atoms with Gasteiger partial charge < -0.3 is 4.74 Å². The first-order valence-electron chi connectivity index (χ1n) is 11.6. The molecule has 0 amide bonds. The van der Waals surface area contributed by atoms with Crippen molar-refractivity contribution in [2.45, 2.75) is 35.7 Å². The van der Waals surface area contributed by atoms with Gasteiger partial charge in [-0.05, 0) is 66.8 Å². The second-order valence-corrected chi connectivity index (χ2v) is 11.6. The summed E-state index contributed by atoms with van der Waals surface area (Å²) in [6, 6.07) is 10.9. The van der Waals surface area contributed by atoms with E-state index in [1.807, 2.05) is 6.07 Å². The number of benzene rings is 2. The number of rotatable bonds is 8. The predicted octanol–water partition coefficient (Wildman–Crippen LogP) is 2.62. The van der Waals surface area contributed by atoms with Gasteiger partial charge in [0.2, 0.25) is 10.0 Å². The molecule has 3 aliphatic rings. The van der Waals surface area contributed by atoms with E-state index in [0.717, 1.165) is 23.1 Å². The van der Waals surface area contributed by atoms with Crippen molar-refractivity contribution in [1.29, 1.82) is 0 Å². The minimum Gasteiger partial charge on any atom is -0.489 e. The van der Waals surface area contributed by atoms with Crippen molar-refractivity contribution in [2.24, 2.45) is 12.5 Å². The average Bonchev–Trinajstić information content (AvgIpc) is 3.56. The highest BCUT2D eigenvalue weighted by atomic mass is 32.2. The van der Waals surface area contributed by atoms with Gasteiger partial charge in [0.1, 0.15) is 17.3 Å². The third kappa shape index (κ3) is 3.66. The van der Waals surface area contributed by atoms with Crippen LogP contribution in [0.5, 0.6) is 5.75 Å². The molecule has 1 spiro atoms. The Labute approximate surface area is 202 Å². The molecule has 184 valence electrons. The maximum Gasteiger partial charge on any atom is 0.243 e. The Hall–Kier alpha value is -2.82. The number of ether oxygens (including phenoxy) is 1. The van der Waals surface area contributed by atoms with Crippen LogP contribution in [0.1, 0.15) is 22.6 Å². The number of fused-ring (bicyclic) bond motifs is 4. The van der Waals surface area contributed by atoms with E-state index in [9.17, 15) is 17.2 Å². The van der Waals surface area contributed by atoms with Crippen LogP contribution in [0.25, 0.3) is 0 Å². The smallest absolute Gasteiger partial charge is 0.243 e. The van der Waals surface area contributed by atoms with Crippen molar-refractivity contribution in [1.82, 2.24) is 19.4 Å². The summed E-state index contributed by atoms with van der Waals surface area (Å²) in [5.41, 5.74) is 3.03. The molecule has 35 heavy (non-hydrogen) atoms. The van der Waals surface area contributed by atoms with E-state index in [1.54, 1.807) is 31.3 Å². The van der Waals surface area contributed by atoms with Gasteiger partial charge in [0, 0.05) is 37.3 Å². The van der Waals surface area contributed by atoms with Gasteiger partial charge in [-0.25, -0.2) is 21.9 Å². The van der Waals surface area contributed by atoms with Gasteiger partial charge in [0.25, 0.3) is 0 Å². The highest BCUT2D eigenvalue weighted by Gasteiger charge is 2.84. The van der Waals surface area contributed by atoms with E-state index < -0.39 is 15.8 Å². The number of likely N-dealkylation sites (tertiary alicyclic amines) is 1. The van der Waals surface area contributed by atoms with Gasteiger partial charge in [-0.15, -0.1) is 0 Å². The summed E-state index contributed by atoms with van der Waals surface area (Å²) in [6.45, 7) is -0.0394.